The largest absolute Gasteiger partial charge is 0.352 e. The summed E-state index contributed by atoms with van der Waals surface area (Å²) in [7, 11) is 0. The van der Waals surface area contributed by atoms with Crippen LogP contribution in [0, 0.1) is 0 Å². The highest BCUT2D eigenvalue weighted by Gasteiger charge is 2.23. The molecule has 1 aromatic carbocycles. The summed E-state index contributed by atoms with van der Waals surface area (Å²) in [5, 5.41) is 8.59. The van der Waals surface area contributed by atoms with Crippen molar-refractivity contribution in [3.8, 4) is 0 Å². The zero-order valence-electron chi connectivity index (χ0n) is 15.1. The first-order valence-corrected chi connectivity index (χ1v) is 9.21. The van der Waals surface area contributed by atoms with Gasteiger partial charge in [-0.25, -0.2) is 0 Å². The van der Waals surface area contributed by atoms with Crippen LogP contribution >= 0.6 is 0 Å². The van der Waals surface area contributed by atoms with E-state index >= 15 is 0 Å². The van der Waals surface area contributed by atoms with Crippen molar-refractivity contribution >= 4 is 17.4 Å². The summed E-state index contributed by atoms with van der Waals surface area (Å²) in [5.74, 6) is 0.768. The van der Waals surface area contributed by atoms with Gasteiger partial charge in [-0.05, 0) is 56.9 Å². The highest BCUT2D eigenvalue weighted by molar-refractivity contribution is 6.04. The predicted molar refractivity (Wildman–Crippen MR) is 101 cm³/mol. The van der Waals surface area contributed by atoms with Gasteiger partial charge in [-0.15, -0.1) is 10.2 Å². The molecule has 0 saturated carbocycles. The van der Waals surface area contributed by atoms with Crippen LogP contribution < -0.4 is 9.80 Å². The monoisotopic (exact) mass is 338 g/mol. The van der Waals surface area contributed by atoms with E-state index in [4.69, 9.17) is 0 Å². The molecule has 0 aliphatic carbocycles. The highest BCUT2D eigenvalue weighted by Crippen LogP contribution is 2.25. The van der Waals surface area contributed by atoms with Crippen LogP contribution in [0.1, 0.15) is 50.0 Å². The molecular weight excluding hydrogens is 312 g/mol. The zero-order chi connectivity index (χ0) is 17.6. The first-order chi connectivity index (χ1) is 12.2. The molecule has 5 heteroatoms. The molecule has 1 fully saturated rings. The van der Waals surface area contributed by atoms with Crippen molar-refractivity contribution < 1.29 is 4.79 Å². The van der Waals surface area contributed by atoms with E-state index in [0.29, 0.717) is 18.3 Å². The number of rotatable bonds is 5. The fraction of sp³-hybridized carbons (Fsp3) is 0.450. The molecule has 1 atom stereocenters. The molecule has 5 nitrogen and oxygen atoms in total. The number of piperidine rings is 1. The van der Waals surface area contributed by atoms with E-state index in [-0.39, 0.29) is 5.91 Å². The number of carbonyl (C=O) groups is 1. The van der Waals surface area contributed by atoms with E-state index in [9.17, 15) is 4.79 Å². The van der Waals surface area contributed by atoms with Gasteiger partial charge in [0.1, 0.15) is 0 Å². The van der Waals surface area contributed by atoms with Gasteiger partial charge in [0.15, 0.2) is 11.5 Å². The Morgan fingerprint density at radius 1 is 1.12 bits per heavy atom. The van der Waals surface area contributed by atoms with Crippen LogP contribution in [0.4, 0.5) is 11.5 Å². The standard InChI is InChI=1S/C20H26N4O/c1-3-16-10-8-9-15-24(16)19-14-13-18(21-22-19)20(25)23(4-2)17-11-6-5-7-12-17/h5-7,11-14,16H,3-4,8-10,15H2,1-2H3. The molecule has 0 N–H and O–H groups in total. The van der Waals surface area contributed by atoms with Crippen LogP contribution in [0.2, 0.25) is 0 Å². The Hall–Kier alpha value is -2.43. The molecule has 1 aliphatic heterocycles. The maximum Gasteiger partial charge on any atom is 0.278 e. The molecule has 25 heavy (non-hydrogen) atoms. The minimum absolute atomic E-state index is 0.113. The molecule has 1 amide bonds. The van der Waals surface area contributed by atoms with Crippen molar-refractivity contribution in [1.82, 2.24) is 10.2 Å². The topological polar surface area (TPSA) is 49.3 Å². The lowest BCUT2D eigenvalue weighted by Crippen LogP contribution is -2.40. The molecule has 2 aromatic rings. The van der Waals surface area contributed by atoms with Crippen molar-refractivity contribution in [3.63, 3.8) is 0 Å². The molecule has 3 rings (SSSR count). The van der Waals surface area contributed by atoms with Crippen LogP contribution in [-0.4, -0.2) is 35.2 Å². The van der Waals surface area contributed by atoms with Crippen LogP contribution in [0.15, 0.2) is 42.5 Å². The lowest BCUT2D eigenvalue weighted by Gasteiger charge is -2.35. The lowest BCUT2D eigenvalue weighted by atomic mass is 10.0. The number of anilines is 2. The summed E-state index contributed by atoms with van der Waals surface area (Å²) in [4.78, 5) is 16.8. The van der Waals surface area contributed by atoms with Gasteiger partial charge >= 0.3 is 0 Å². The van der Waals surface area contributed by atoms with Crippen molar-refractivity contribution in [3.05, 3.63) is 48.2 Å². The molecule has 0 bridgehead atoms. The van der Waals surface area contributed by atoms with Crippen molar-refractivity contribution in [1.29, 1.82) is 0 Å². The Kier molecular flexibility index (Phi) is 5.64. The highest BCUT2D eigenvalue weighted by atomic mass is 16.2. The smallest absolute Gasteiger partial charge is 0.278 e. The Bertz CT molecular complexity index is 687. The molecule has 132 valence electrons. The van der Waals surface area contributed by atoms with Crippen LogP contribution in [0.5, 0.6) is 0 Å². The SMILES string of the molecule is CCC1CCCCN1c1ccc(C(=O)N(CC)c2ccccc2)nn1. The number of amides is 1. The Balaban J connectivity index is 1.78. The third-order valence-electron chi connectivity index (χ3n) is 4.89. The number of hydrogen-bond donors (Lipinski definition) is 0. The molecule has 1 saturated heterocycles. The third-order valence-corrected chi connectivity index (χ3v) is 4.89. The molecule has 2 heterocycles. The van der Waals surface area contributed by atoms with Crippen molar-refractivity contribution in [2.75, 3.05) is 22.9 Å². The summed E-state index contributed by atoms with van der Waals surface area (Å²) in [6, 6.07) is 13.9. The number of aromatic nitrogens is 2. The third kappa shape index (κ3) is 3.81. The maximum atomic E-state index is 12.8. The van der Waals surface area contributed by atoms with Gasteiger partial charge in [0, 0.05) is 24.8 Å². The average molecular weight is 338 g/mol. The molecule has 1 unspecified atom stereocenters. The number of carbonyl (C=O) groups excluding carboxylic acids is 1. The first-order valence-electron chi connectivity index (χ1n) is 9.21. The van der Waals surface area contributed by atoms with E-state index in [0.717, 1.165) is 24.5 Å². The normalized spacial score (nSPS) is 17.4. The number of hydrogen-bond acceptors (Lipinski definition) is 4. The van der Waals surface area contributed by atoms with E-state index in [1.807, 2.05) is 43.3 Å². The molecule has 0 spiro atoms. The summed E-state index contributed by atoms with van der Waals surface area (Å²) in [5.41, 5.74) is 1.27. The fourth-order valence-electron chi connectivity index (χ4n) is 3.51. The van der Waals surface area contributed by atoms with E-state index < -0.39 is 0 Å². The second kappa shape index (κ2) is 8.10. The summed E-state index contributed by atoms with van der Waals surface area (Å²) in [6.45, 7) is 5.79. The van der Waals surface area contributed by atoms with Crippen molar-refractivity contribution in [2.24, 2.45) is 0 Å². The van der Waals surface area contributed by atoms with Gasteiger partial charge in [-0.1, -0.05) is 25.1 Å². The Morgan fingerprint density at radius 3 is 2.56 bits per heavy atom. The molecular formula is C20H26N4O. The number of nitrogens with zero attached hydrogens (tertiary/aromatic N) is 4. The molecule has 0 radical (unpaired) electrons. The zero-order valence-corrected chi connectivity index (χ0v) is 15.1. The van der Waals surface area contributed by atoms with Crippen LogP contribution in [-0.2, 0) is 0 Å². The van der Waals surface area contributed by atoms with Gasteiger partial charge in [0.2, 0.25) is 0 Å². The summed E-state index contributed by atoms with van der Waals surface area (Å²) >= 11 is 0. The fourth-order valence-corrected chi connectivity index (χ4v) is 3.51. The second-order valence-electron chi connectivity index (χ2n) is 6.41. The van der Waals surface area contributed by atoms with Gasteiger partial charge in [0.05, 0.1) is 0 Å². The van der Waals surface area contributed by atoms with Gasteiger partial charge < -0.3 is 9.80 Å². The van der Waals surface area contributed by atoms with E-state index in [2.05, 4.69) is 22.0 Å². The van der Waals surface area contributed by atoms with E-state index in [1.54, 1.807) is 11.0 Å². The van der Waals surface area contributed by atoms with E-state index in [1.165, 1.54) is 19.3 Å². The summed E-state index contributed by atoms with van der Waals surface area (Å²) < 4.78 is 0. The minimum Gasteiger partial charge on any atom is -0.352 e. The van der Waals surface area contributed by atoms with Crippen LogP contribution in [0.25, 0.3) is 0 Å². The predicted octanol–water partition coefficient (Wildman–Crippen LogP) is 3.91. The van der Waals surface area contributed by atoms with Crippen molar-refractivity contribution in [2.45, 2.75) is 45.6 Å². The maximum absolute atomic E-state index is 12.8. The summed E-state index contributed by atoms with van der Waals surface area (Å²) in [6.07, 6.45) is 4.79. The molecule has 1 aliphatic rings. The number of para-hydroxylation sites is 1. The lowest BCUT2D eigenvalue weighted by molar-refractivity contribution is 0.0982. The Morgan fingerprint density at radius 2 is 1.92 bits per heavy atom. The van der Waals surface area contributed by atoms with Gasteiger partial charge in [-0.3, -0.25) is 4.79 Å². The number of benzene rings is 1. The second-order valence-corrected chi connectivity index (χ2v) is 6.41. The minimum atomic E-state index is -0.113. The van der Waals surface area contributed by atoms with Gasteiger partial charge in [-0.2, -0.15) is 0 Å². The van der Waals surface area contributed by atoms with Gasteiger partial charge in [0.25, 0.3) is 5.91 Å². The molecule has 1 aromatic heterocycles. The average Bonchev–Trinajstić information content (AvgIpc) is 2.69. The Labute approximate surface area is 149 Å². The first kappa shape index (κ1) is 17.4. The quantitative estimate of drug-likeness (QED) is 0.829. The van der Waals surface area contributed by atoms with Crippen LogP contribution in [0.3, 0.4) is 0 Å².